The normalized spacial score (nSPS) is 13.0. The summed E-state index contributed by atoms with van der Waals surface area (Å²) in [6.45, 7) is 3.80. The van der Waals surface area contributed by atoms with Gasteiger partial charge in [-0.25, -0.2) is 0 Å². The highest BCUT2D eigenvalue weighted by Gasteiger charge is 2.17. The van der Waals surface area contributed by atoms with Crippen molar-refractivity contribution in [3.63, 3.8) is 0 Å². The van der Waals surface area contributed by atoms with Crippen molar-refractivity contribution in [1.82, 2.24) is 10.2 Å². The second kappa shape index (κ2) is 6.86. The number of esters is 1. The van der Waals surface area contributed by atoms with Crippen LogP contribution in [0.1, 0.15) is 13.3 Å². The molecule has 1 unspecified atom stereocenters. The maximum atomic E-state index is 11.2. The summed E-state index contributed by atoms with van der Waals surface area (Å²) in [7, 11) is 5.17. The topological polar surface area (TPSA) is 41.6 Å². The van der Waals surface area contributed by atoms with Gasteiger partial charge in [-0.05, 0) is 27.1 Å². The first-order chi connectivity index (χ1) is 6.15. The zero-order valence-electron chi connectivity index (χ0n) is 8.96. The molecule has 0 heterocycles. The zero-order valence-corrected chi connectivity index (χ0v) is 8.96. The summed E-state index contributed by atoms with van der Waals surface area (Å²) in [6, 6.07) is -0.221. The number of carbonyl (C=O) groups is 1. The molecule has 0 aromatic heterocycles. The third-order valence-electron chi connectivity index (χ3n) is 1.93. The molecule has 1 N–H and O–H groups in total. The lowest BCUT2D eigenvalue weighted by atomic mass is 10.2. The molecule has 0 aliphatic heterocycles. The van der Waals surface area contributed by atoms with Crippen molar-refractivity contribution in [3.05, 3.63) is 0 Å². The Kier molecular flexibility index (Phi) is 6.54. The van der Waals surface area contributed by atoms with Crippen LogP contribution in [0.2, 0.25) is 0 Å². The van der Waals surface area contributed by atoms with E-state index in [2.05, 4.69) is 21.9 Å². The lowest BCUT2D eigenvalue weighted by molar-refractivity contribution is -0.143. The van der Waals surface area contributed by atoms with Gasteiger partial charge in [0.15, 0.2) is 0 Å². The van der Waals surface area contributed by atoms with Gasteiger partial charge in [0.25, 0.3) is 0 Å². The van der Waals surface area contributed by atoms with Gasteiger partial charge in [-0.2, -0.15) is 0 Å². The van der Waals surface area contributed by atoms with Crippen LogP contribution in [0.4, 0.5) is 0 Å². The third kappa shape index (κ3) is 4.85. The number of ether oxygens (including phenoxy) is 1. The van der Waals surface area contributed by atoms with Gasteiger partial charge >= 0.3 is 5.97 Å². The fraction of sp³-hybridized carbons (Fsp3) is 0.889. The molecule has 4 nitrogen and oxygen atoms in total. The second-order valence-electron chi connectivity index (χ2n) is 3.13. The molecular formula is C9H20N2O2. The van der Waals surface area contributed by atoms with Crippen LogP contribution in [-0.2, 0) is 9.53 Å². The minimum absolute atomic E-state index is 0.203. The summed E-state index contributed by atoms with van der Waals surface area (Å²) in [5.41, 5.74) is 0. The van der Waals surface area contributed by atoms with Crippen LogP contribution in [0.5, 0.6) is 0 Å². The summed E-state index contributed by atoms with van der Waals surface area (Å²) < 4.78 is 4.65. The average Bonchev–Trinajstić information content (AvgIpc) is 2.13. The Bertz CT molecular complexity index is 151. The van der Waals surface area contributed by atoms with E-state index in [1.807, 2.05) is 7.05 Å². The Morgan fingerprint density at radius 2 is 2.23 bits per heavy atom. The van der Waals surface area contributed by atoms with E-state index >= 15 is 0 Å². The molecule has 13 heavy (non-hydrogen) atoms. The van der Waals surface area contributed by atoms with E-state index in [9.17, 15) is 4.79 Å². The third-order valence-corrected chi connectivity index (χ3v) is 1.93. The molecule has 0 bridgehead atoms. The Morgan fingerprint density at radius 1 is 1.62 bits per heavy atom. The smallest absolute Gasteiger partial charge is 0.324 e. The average molecular weight is 188 g/mol. The summed E-state index contributed by atoms with van der Waals surface area (Å²) in [5, 5.41) is 2.93. The monoisotopic (exact) mass is 188 g/mol. The predicted octanol–water partition coefficient (Wildman–Crippen LogP) is 0.0892. The second-order valence-corrected chi connectivity index (χ2v) is 3.13. The standard InChI is InChI=1S/C9H20N2O2/c1-5-6-11(3)7-8(10-2)9(12)13-4/h8,10H,5-7H2,1-4H3. The Hall–Kier alpha value is -0.610. The van der Waals surface area contributed by atoms with E-state index in [1.165, 1.54) is 7.11 Å². The zero-order chi connectivity index (χ0) is 10.3. The van der Waals surface area contributed by atoms with E-state index in [0.29, 0.717) is 6.54 Å². The SMILES string of the molecule is CCCN(C)CC(NC)C(=O)OC. The van der Waals surface area contributed by atoms with Crippen molar-refractivity contribution < 1.29 is 9.53 Å². The molecule has 0 spiro atoms. The molecule has 0 aliphatic rings. The van der Waals surface area contributed by atoms with Gasteiger partial charge in [0.2, 0.25) is 0 Å². The van der Waals surface area contributed by atoms with E-state index in [1.54, 1.807) is 7.05 Å². The van der Waals surface area contributed by atoms with E-state index in [0.717, 1.165) is 13.0 Å². The van der Waals surface area contributed by atoms with Crippen LogP contribution in [0, 0.1) is 0 Å². The Labute approximate surface area is 80.2 Å². The van der Waals surface area contributed by atoms with E-state index in [4.69, 9.17) is 0 Å². The molecule has 0 aromatic rings. The molecule has 0 radical (unpaired) electrons. The van der Waals surface area contributed by atoms with E-state index in [-0.39, 0.29) is 12.0 Å². The van der Waals surface area contributed by atoms with Crippen LogP contribution in [0.3, 0.4) is 0 Å². The molecule has 0 aliphatic carbocycles. The Morgan fingerprint density at radius 3 is 2.62 bits per heavy atom. The summed E-state index contributed by atoms with van der Waals surface area (Å²) in [5.74, 6) is -0.203. The van der Waals surface area contributed by atoms with Crippen molar-refractivity contribution in [2.75, 3.05) is 34.3 Å². The molecule has 0 rings (SSSR count). The Balaban J connectivity index is 3.89. The maximum absolute atomic E-state index is 11.2. The van der Waals surface area contributed by atoms with Crippen molar-refractivity contribution in [1.29, 1.82) is 0 Å². The van der Waals surface area contributed by atoms with Gasteiger partial charge in [-0.3, -0.25) is 4.79 Å². The van der Waals surface area contributed by atoms with Gasteiger partial charge in [0.05, 0.1) is 7.11 Å². The maximum Gasteiger partial charge on any atom is 0.324 e. The first kappa shape index (κ1) is 12.4. The van der Waals surface area contributed by atoms with Gasteiger partial charge < -0.3 is 15.0 Å². The minimum Gasteiger partial charge on any atom is -0.468 e. The number of carbonyl (C=O) groups excluding carboxylic acids is 1. The van der Waals surface area contributed by atoms with Gasteiger partial charge in [0.1, 0.15) is 6.04 Å². The van der Waals surface area contributed by atoms with Gasteiger partial charge in [-0.15, -0.1) is 0 Å². The molecular weight excluding hydrogens is 168 g/mol. The predicted molar refractivity (Wildman–Crippen MR) is 52.7 cm³/mol. The first-order valence-electron chi connectivity index (χ1n) is 4.59. The summed E-state index contributed by atoms with van der Waals surface area (Å²) in [4.78, 5) is 13.3. The van der Waals surface area contributed by atoms with Crippen molar-refractivity contribution >= 4 is 5.97 Å². The molecule has 0 saturated heterocycles. The molecule has 0 amide bonds. The van der Waals surface area contributed by atoms with Crippen LogP contribution in [0.15, 0.2) is 0 Å². The molecule has 4 heteroatoms. The number of nitrogens with one attached hydrogen (secondary N) is 1. The number of hydrogen-bond donors (Lipinski definition) is 1. The van der Waals surface area contributed by atoms with E-state index < -0.39 is 0 Å². The summed E-state index contributed by atoms with van der Waals surface area (Å²) >= 11 is 0. The fourth-order valence-electron chi connectivity index (χ4n) is 1.21. The highest BCUT2D eigenvalue weighted by Crippen LogP contribution is 1.93. The summed E-state index contributed by atoms with van der Waals surface area (Å²) in [6.07, 6.45) is 1.09. The quantitative estimate of drug-likeness (QED) is 0.600. The lowest BCUT2D eigenvalue weighted by Gasteiger charge is -2.21. The van der Waals surface area contributed by atoms with Crippen LogP contribution in [-0.4, -0.2) is 51.2 Å². The fourth-order valence-corrected chi connectivity index (χ4v) is 1.21. The molecule has 0 fully saturated rings. The number of hydrogen-bond acceptors (Lipinski definition) is 4. The largest absolute Gasteiger partial charge is 0.468 e. The molecule has 78 valence electrons. The minimum atomic E-state index is -0.221. The van der Waals surface area contributed by atoms with Crippen molar-refractivity contribution in [2.24, 2.45) is 0 Å². The number of methoxy groups -OCH3 is 1. The number of likely N-dealkylation sites (N-methyl/N-ethyl adjacent to an activating group) is 2. The van der Waals surface area contributed by atoms with Crippen LogP contribution in [0.25, 0.3) is 0 Å². The highest BCUT2D eigenvalue weighted by molar-refractivity contribution is 5.75. The number of nitrogens with zero attached hydrogens (tertiary/aromatic N) is 1. The van der Waals surface area contributed by atoms with Gasteiger partial charge in [-0.1, -0.05) is 6.92 Å². The molecule has 0 saturated carbocycles. The van der Waals surface area contributed by atoms with Crippen LogP contribution < -0.4 is 5.32 Å². The first-order valence-corrected chi connectivity index (χ1v) is 4.59. The molecule has 0 aromatic carbocycles. The lowest BCUT2D eigenvalue weighted by Crippen LogP contribution is -2.44. The van der Waals surface area contributed by atoms with Crippen molar-refractivity contribution in [3.8, 4) is 0 Å². The van der Waals surface area contributed by atoms with Crippen molar-refractivity contribution in [2.45, 2.75) is 19.4 Å². The van der Waals surface area contributed by atoms with Crippen LogP contribution >= 0.6 is 0 Å². The number of rotatable bonds is 6. The highest BCUT2D eigenvalue weighted by atomic mass is 16.5. The molecule has 1 atom stereocenters. The van der Waals surface area contributed by atoms with Gasteiger partial charge in [0, 0.05) is 6.54 Å².